The summed E-state index contributed by atoms with van der Waals surface area (Å²) in [4.78, 5) is 41.6. The van der Waals surface area contributed by atoms with Crippen LogP contribution in [0.1, 0.15) is 38.2 Å². The van der Waals surface area contributed by atoms with Gasteiger partial charge in [-0.2, -0.15) is 0 Å². The molecule has 3 aliphatic carbocycles. The quantitative estimate of drug-likeness (QED) is 0.681. The van der Waals surface area contributed by atoms with E-state index >= 15 is 0 Å². The zero-order valence-electron chi connectivity index (χ0n) is 18.1. The van der Waals surface area contributed by atoms with E-state index in [2.05, 4.69) is 0 Å². The first-order chi connectivity index (χ1) is 15.4. The Hall–Kier alpha value is -2.96. The number of rotatable bonds is 6. The van der Waals surface area contributed by atoms with E-state index in [0.29, 0.717) is 25.3 Å². The highest BCUT2D eigenvalue weighted by atomic mass is 19.1. The third-order valence-corrected chi connectivity index (χ3v) is 7.31. The van der Waals surface area contributed by atoms with Gasteiger partial charge in [-0.1, -0.05) is 24.3 Å². The monoisotopic (exact) mass is 438 g/mol. The zero-order chi connectivity index (χ0) is 22.5. The summed E-state index contributed by atoms with van der Waals surface area (Å²) < 4.78 is 19.1. The molecule has 1 saturated heterocycles. The molecule has 0 aromatic heterocycles. The van der Waals surface area contributed by atoms with E-state index in [9.17, 15) is 18.8 Å². The molecular weight excluding hydrogens is 411 g/mol. The lowest BCUT2D eigenvalue weighted by Gasteiger charge is -2.31. The lowest BCUT2D eigenvalue weighted by molar-refractivity contribution is -0.135. The largest absolute Gasteiger partial charge is 0.436 e. The normalized spacial score (nSPS) is 27.4. The number of carbonyl (C=O) groups excluding carboxylic acids is 3. The van der Waals surface area contributed by atoms with Crippen LogP contribution in [0.3, 0.4) is 0 Å². The van der Waals surface area contributed by atoms with Crippen molar-refractivity contribution >= 4 is 17.8 Å². The fourth-order valence-corrected chi connectivity index (χ4v) is 5.29. The van der Waals surface area contributed by atoms with Crippen LogP contribution in [-0.2, 0) is 20.9 Å². The summed E-state index contributed by atoms with van der Waals surface area (Å²) in [6.45, 7) is 2.62. The van der Waals surface area contributed by atoms with Crippen LogP contribution in [0.2, 0.25) is 0 Å². The predicted octanol–water partition coefficient (Wildman–Crippen LogP) is 3.62. The van der Waals surface area contributed by atoms with E-state index in [0.717, 1.165) is 24.0 Å². The summed E-state index contributed by atoms with van der Waals surface area (Å²) in [5.41, 5.74) is 0.888. The molecule has 1 heterocycles. The fraction of sp³-hybridized carbons (Fsp3) is 0.480. The second kappa shape index (κ2) is 7.87. The van der Waals surface area contributed by atoms with Gasteiger partial charge in [-0.25, -0.2) is 9.18 Å². The van der Waals surface area contributed by atoms with E-state index in [1.807, 2.05) is 13.0 Å². The first-order valence-corrected chi connectivity index (χ1v) is 11.3. The zero-order valence-corrected chi connectivity index (χ0v) is 18.1. The van der Waals surface area contributed by atoms with Gasteiger partial charge in [0.2, 0.25) is 5.91 Å². The van der Waals surface area contributed by atoms with Gasteiger partial charge in [0, 0.05) is 18.5 Å². The minimum Gasteiger partial charge on any atom is -0.436 e. The van der Waals surface area contributed by atoms with Crippen molar-refractivity contribution < 1.29 is 23.5 Å². The molecule has 0 N–H and O–H groups in total. The fourth-order valence-electron chi connectivity index (χ4n) is 5.29. The Morgan fingerprint density at radius 3 is 2.72 bits per heavy atom. The molecule has 2 saturated carbocycles. The molecule has 5 rings (SSSR count). The Labute approximate surface area is 186 Å². The van der Waals surface area contributed by atoms with E-state index in [-0.39, 0.29) is 42.6 Å². The molecule has 2 amide bonds. The molecule has 1 aromatic rings. The van der Waals surface area contributed by atoms with Gasteiger partial charge >= 0.3 is 6.09 Å². The highest BCUT2D eigenvalue weighted by molar-refractivity contribution is 5.96. The number of carbonyl (C=O) groups is 3. The number of hydrogen-bond donors (Lipinski definition) is 0. The average molecular weight is 438 g/mol. The summed E-state index contributed by atoms with van der Waals surface area (Å²) in [6, 6.07) is 6.21. The Kier molecular flexibility index (Phi) is 5.14. The van der Waals surface area contributed by atoms with Gasteiger partial charge in [0.25, 0.3) is 0 Å². The molecule has 1 aliphatic heterocycles. The van der Waals surface area contributed by atoms with Crippen molar-refractivity contribution in [1.82, 2.24) is 9.80 Å². The maximum absolute atomic E-state index is 13.4. The summed E-state index contributed by atoms with van der Waals surface area (Å²) in [6.07, 6.45) is 8.06. The Morgan fingerprint density at radius 2 is 2.00 bits per heavy atom. The molecule has 168 valence electrons. The lowest BCUT2D eigenvalue weighted by atomic mass is 9.87. The SMILES string of the molecule is CC(C1CC1)N(Cc1ccc(F)cc1)C(=O)CN1CC2(CCC3C(=O)C=CC=C32)OC1=O. The van der Waals surface area contributed by atoms with Gasteiger partial charge in [-0.3, -0.25) is 14.5 Å². The molecule has 3 fully saturated rings. The molecule has 1 spiro atoms. The maximum Gasteiger partial charge on any atom is 0.411 e. The second-order valence-corrected chi connectivity index (χ2v) is 9.42. The van der Waals surface area contributed by atoms with Crippen LogP contribution in [0.5, 0.6) is 0 Å². The molecule has 3 atom stereocenters. The maximum atomic E-state index is 13.4. The van der Waals surface area contributed by atoms with Crippen LogP contribution in [0.4, 0.5) is 9.18 Å². The number of ether oxygens (including phenoxy) is 1. The summed E-state index contributed by atoms with van der Waals surface area (Å²) in [5.74, 6) is -0.183. The van der Waals surface area contributed by atoms with Crippen LogP contribution in [0, 0.1) is 17.7 Å². The molecule has 4 aliphatic rings. The smallest absolute Gasteiger partial charge is 0.411 e. The average Bonchev–Trinajstić information content (AvgIpc) is 3.50. The minimum absolute atomic E-state index is 0.0415. The van der Waals surface area contributed by atoms with Crippen molar-refractivity contribution in [1.29, 1.82) is 0 Å². The molecular formula is C25H27FN2O4. The summed E-state index contributed by atoms with van der Waals surface area (Å²) in [7, 11) is 0. The van der Waals surface area contributed by atoms with Crippen LogP contribution in [-0.4, -0.2) is 52.3 Å². The van der Waals surface area contributed by atoms with Gasteiger partial charge in [0.1, 0.15) is 12.4 Å². The first-order valence-electron chi connectivity index (χ1n) is 11.3. The summed E-state index contributed by atoms with van der Waals surface area (Å²) >= 11 is 0. The molecule has 6 nitrogen and oxygen atoms in total. The van der Waals surface area contributed by atoms with Gasteiger partial charge < -0.3 is 9.64 Å². The number of nitrogens with zero attached hydrogens (tertiary/aromatic N) is 2. The molecule has 3 unspecified atom stereocenters. The number of allylic oxidation sites excluding steroid dienone is 3. The lowest BCUT2D eigenvalue weighted by Crippen LogP contribution is -2.46. The van der Waals surface area contributed by atoms with Crippen molar-refractivity contribution in [3.05, 3.63) is 59.4 Å². The number of hydrogen-bond acceptors (Lipinski definition) is 4. The minimum atomic E-state index is -0.813. The number of halogens is 1. The Balaban J connectivity index is 1.31. The Morgan fingerprint density at radius 1 is 1.25 bits per heavy atom. The number of benzene rings is 1. The first kappa shape index (κ1) is 20.9. The van der Waals surface area contributed by atoms with E-state index < -0.39 is 11.7 Å². The van der Waals surface area contributed by atoms with Crippen LogP contribution in [0.25, 0.3) is 0 Å². The van der Waals surface area contributed by atoms with Crippen molar-refractivity contribution in [3.8, 4) is 0 Å². The van der Waals surface area contributed by atoms with E-state index in [1.165, 1.54) is 17.0 Å². The molecule has 7 heteroatoms. The molecule has 0 radical (unpaired) electrons. The van der Waals surface area contributed by atoms with Gasteiger partial charge in [-0.05, 0) is 67.9 Å². The van der Waals surface area contributed by atoms with Gasteiger partial charge in [0.05, 0.1) is 6.54 Å². The second-order valence-electron chi connectivity index (χ2n) is 9.42. The van der Waals surface area contributed by atoms with Crippen LogP contribution < -0.4 is 0 Å². The van der Waals surface area contributed by atoms with Gasteiger partial charge in [0.15, 0.2) is 11.4 Å². The van der Waals surface area contributed by atoms with E-state index in [1.54, 1.807) is 29.2 Å². The number of ketones is 1. The van der Waals surface area contributed by atoms with Crippen molar-refractivity contribution in [2.75, 3.05) is 13.1 Å². The summed E-state index contributed by atoms with van der Waals surface area (Å²) in [5, 5.41) is 0. The molecule has 32 heavy (non-hydrogen) atoms. The standard InChI is InChI=1S/C25H27FN2O4/c1-16(18-7-8-18)28(13-17-5-9-19(26)10-6-17)23(30)14-27-15-25(32-24(27)31)12-11-20-21(25)3-2-4-22(20)29/h2-6,9-10,16,18,20H,7-8,11-15H2,1H3. The van der Waals surface area contributed by atoms with Crippen molar-refractivity contribution in [2.45, 2.75) is 50.8 Å². The van der Waals surface area contributed by atoms with Crippen LogP contribution >= 0.6 is 0 Å². The van der Waals surface area contributed by atoms with E-state index in [4.69, 9.17) is 4.74 Å². The molecule has 1 aromatic carbocycles. The van der Waals surface area contributed by atoms with Crippen molar-refractivity contribution in [2.24, 2.45) is 11.8 Å². The third-order valence-electron chi connectivity index (χ3n) is 7.31. The Bertz CT molecular complexity index is 1010. The topological polar surface area (TPSA) is 66.9 Å². The number of fused-ring (bicyclic) bond motifs is 2. The number of amides is 2. The highest BCUT2D eigenvalue weighted by Crippen LogP contribution is 2.47. The van der Waals surface area contributed by atoms with Crippen molar-refractivity contribution in [3.63, 3.8) is 0 Å². The van der Waals surface area contributed by atoms with Gasteiger partial charge in [-0.15, -0.1) is 0 Å². The highest BCUT2D eigenvalue weighted by Gasteiger charge is 2.55. The van der Waals surface area contributed by atoms with Crippen LogP contribution in [0.15, 0.2) is 48.1 Å². The third kappa shape index (κ3) is 3.74. The molecule has 0 bridgehead atoms. The predicted molar refractivity (Wildman–Crippen MR) is 115 cm³/mol.